The first-order valence-corrected chi connectivity index (χ1v) is 16.4. The molecule has 2 fully saturated rings. The quantitative estimate of drug-likeness (QED) is 0.259. The fraction of sp³-hybridized carbons (Fsp3) is 0.618. The van der Waals surface area contributed by atoms with Crippen molar-refractivity contribution < 1.29 is 23.9 Å². The smallest absolute Gasteiger partial charge is 0.329 e. The number of ether oxygens (including phenoxy) is 1. The van der Waals surface area contributed by atoms with Crippen LogP contribution in [0.2, 0.25) is 0 Å². The van der Waals surface area contributed by atoms with Crippen molar-refractivity contribution in [2.24, 2.45) is 28.7 Å². The lowest BCUT2D eigenvalue weighted by atomic mass is 9.75. The lowest BCUT2D eigenvalue weighted by molar-refractivity contribution is -0.155. The van der Waals surface area contributed by atoms with Gasteiger partial charge in [-0.15, -0.1) is 0 Å². The van der Waals surface area contributed by atoms with Crippen molar-refractivity contribution >= 4 is 29.3 Å². The predicted octanol–water partition coefficient (Wildman–Crippen LogP) is 3.83. The number of Topliss-reactive ketones (excluding diaryl/α,β-unsaturated/α-hetero) is 1. The number of hydrogen-bond acceptors (Lipinski definition) is 8. The summed E-state index contributed by atoms with van der Waals surface area (Å²) in [6, 6.07) is 4.79. The van der Waals surface area contributed by atoms with Gasteiger partial charge in [0.15, 0.2) is 5.78 Å². The van der Waals surface area contributed by atoms with Gasteiger partial charge in [-0.2, -0.15) is 5.10 Å². The fourth-order valence-corrected chi connectivity index (χ4v) is 6.63. The van der Waals surface area contributed by atoms with E-state index in [0.717, 1.165) is 48.3 Å². The molecule has 1 aromatic heterocycles. The minimum absolute atomic E-state index is 0.0379. The number of amides is 2. The number of carbonyl (C=O) groups is 4. The maximum Gasteiger partial charge on any atom is 0.329 e. The molecule has 5 rings (SSSR count). The van der Waals surface area contributed by atoms with E-state index in [1.807, 2.05) is 30.7 Å². The van der Waals surface area contributed by atoms with Crippen molar-refractivity contribution in [3.63, 3.8) is 0 Å². The van der Waals surface area contributed by atoms with Gasteiger partial charge >= 0.3 is 5.97 Å². The van der Waals surface area contributed by atoms with Crippen LogP contribution in [0.15, 0.2) is 18.2 Å². The monoisotopic (exact) mass is 620 g/mol. The lowest BCUT2D eigenvalue weighted by Gasteiger charge is -2.31. The largest absolute Gasteiger partial charge is 0.461 e. The van der Waals surface area contributed by atoms with E-state index in [2.05, 4.69) is 24.5 Å². The maximum absolute atomic E-state index is 13.3. The van der Waals surface area contributed by atoms with Gasteiger partial charge in [0.05, 0.1) is 28.2 Å². The molecule has 1 atom stereocenters. The average molecular weight is 621 g/mol. The SMILES string of the molecule is CC(C)[C@H](NC(=O)CCN)C(=O)O[C@H]1CC[C@H](Nc2cc(-n3nc(CC4CC4)c4c3CC(C)(C)CC4=O)ccc2C(N)=O)CC1. The Morgan fingerprint density at radius 1 is 1.09 bits per heavy atom. The van der Waals surface area contributed by atoms with E-state index in [4.69, 9.17) is 21.3 Å². The molecule has 0 radical (unpaired) electrons. The van der Waals surface area contributed by atoms with E-state index in [1.54, 1.807) is 6.07 Å². The molecule has 2 amide bonds. The maximum atomic E-state index is 13.3. The molecule has 3 aliphatic carbocycles. The predicted molar refractivity (Wildman–Crippen MR) is 171 cm³/mol. The molecule has 0 spiro atoms. The second kappa shape index (κ2) is 13.3. The number of ketones is 1. The highest BCUT2D eigenvalue weighted by Gasteiger charge is 2.38. The minimum atomic E-state index is -0.723. The average Bonchev–Trinajstić information content (AvgIpc) is 3.71. The minimum Gasteiger partial charge on any atom is -0.461 e. The summed E-state index contributed by atoms with van der Waals surface area (Å²) in [5, 5.41) is 11.3. The Balaban J connectivity index is 1.30. The molecular formula is C34H48N6O5. The van der Waals surface area contributed by atoms with Crippen LogP contribution in [-0.4, -0.2) is 58.1 Å². The molecule has 1 heterocycles. The number of anilines is 1. The molecule has 0 bridgehead atoms. The van der Waals surface area contributed by atoms with Crippen LogP contribution in [-0.2, 0) is 27.2 Å². The second-order valence-electron chi connectivity index (χ2n) is 14.2. The molecule has 45 heavy (non-hydrogen) atoms. The third-order valence-electron chi connectivity index (χ3n) is 9.23. The number of carbonyl (C=O) groups excluding carboxylic acids is 4. The van der Waals surface area contributed by atoms with Gasteiger partial charge in [0.1, 0.15) is 12.1 Å². The summed E-state index contributed by atoms with van der Waals surface area (Å²) in [6.07, 6.45) is 7.04. The molecule has 0 saturated heterocycles. The molecule has 2 aromatic rings. The van der Waals surface area contributed by atoms with Crippen molar-refractivity contribution in [2.75, 3.05) is 11.9 Å². The van der Waals surface area contributed by atoms with Crippen LogP contribution in [0.3, 0.4) is 0 Å². The molecular weight excluding hydrogens is 572 g/mol. The summed E-state index contributed by atoms with van der Waals surface area (Å²) in [7, 11) is 0. The van der Waals surface area contributed by atoms with Crippen molar-refractivity contribution in [2.45, 2.75) is 110 Å². The first kappa shape index (κ1) is 32.7. The highest BCUT2D eigenvalue weighted by Crippen LogP contribution is 2.40. The number of aromatic nitrogens is 2. The van der Waals surface area contributed by atoms with Crippen LogP contribution in [0.4, 0.5) is 5.69 Å². The van der Waals surface area contributed by atoms with E-state index < -0.39 is 17.9 Å². The standard InChI is InChI=1S/C34H48N6O5/c1-19(2)31(38-29(42)13-14-35)33(44)45-23-10-7-21(8-11-23)37-25-16-22(9-12-24(25)32(36)43)40-27-17-34(3,4)18-28(41)30(27)26(39-40)15-20-5-6-20/h9,12,16,19-21,23,31,37H,5-8,10-11,13-15,17-18,35H2,1-4H3,(H2,36,43)(H,38,42)/t21-,23-,31-/m0/s1. The van der Waals surface area contributed by atoms with E-state index in [-0.39, 0.29) is 48.1 Å². The number of primary amides is 1. The molecule has 2 saturated carbocycles. The van der Waals surface area contributed by atoms with Crippen molar-refractivity contribution in [1.29, 1.82) is 0 Å². The van der Waals surface area contributed by atoms with Gasteiger partial charge in [0.25, 0.3) is 5.91 Å². The molecule has 11 heteroatoms. The Labute approximate surface area is 265 Å². The van der Waals surface area contributed by atoms with Gasteiger partial charge < -0.3 is 26.8 Å². The number of esters is 1. The van der Waals surface area contributed by atoms with Gasteiger partial charge in [-0.1, -0.05) is 27.7 Å². The van der Waals surface area contributed by atoms with Gasteiger partial charge in [-0.25, -0.2) is 9.48 Å². The lowest BCUT2D eigenvalue weighted by Crippen LogP contribution is -2.47. The third-order valence-corrected chi connectivity index (χ3v) is 9.23. The summed E-state index contributed by atoms with van der Waals surface area (Å²) < 4.78 is 7.72. The van der Waals surface area contributed by atoms with Crippen molar-refractivity contribution in [3.8, 4) is 5.69 Å². The van der Waals surface area contributed by atoms with Crippen molar-refractivity contribution in [1.82, 2.24) is 15.1 Å². The fourth-order valence-electron chi connectivity index (χ4n) is 6.63. The Kier molecular flexibility index (Phi) is 9.67. The Hall–Kier alpha value is -3.73. The number of nitrogens with two attached hydrogens (primary N) is 2. The number of rotatable bonds is 12. The third kappa shape index (κ3) is 7.74. The Morgan fingerprint density at radius 2 is 1.80 bits per heavy atom. The second-order valence-corrected chi connectivity index (χ2v) is 14.2. The van der Waals surface area contributed by atoms with Gasteiger partial charge in [-0.05, 0) is 86.8 Å². The zero-order valence-electron chi connectivity index (χ0n) is 27.0. The zero-order chi connectivity index (χ0) is 32.5. The first-order valence-electron chi connectivity index (χ1n) is 16.4. The molecule has 3 aliphatic rings. The molecule has 11 nitrogen and oxygen atoms in total. The highest BCUT2D eigenvalue weighted by molar-refractivity contribution is 6.00. The topological polar surface area (TPSA) is 171 Å². The van der Waals surface area contributed by atoms with Crippen LogP contribution in [0.5, 0.6) is 0 Å². The molecule has 0 unspecified atom stereocenters. The van der Waals surface area contributed by atoms with Crippen LogP contribution in [0, 0.1) is 17.3 Å². The van der Waals surface area contributed by atoms with Crippen LogP contribution < -0.4 is 22.1 Å². The summed E-state index contributed by atoms with van der Waals surface area (Å²) >= 11 is 0. The normalized spacial score (nSPS) is 21.6. The van der Waals surface area contributed by atoms with E-state index in [1.165, 1.54) is 12.8 Å². The van der Waals surface area contributed by atoms with Gasteiger partial charge in [0.2, 0.25) is 5.91 Å². The summed E-state index contributed by atoms with van der Waals surface area (Å²) in [5.41, 5.74) is 15.5. The summed E-state index contributed by atoms with van der Waals surface area (Å²) in [5.74, 6) is -0.595. The number of hydrogen-bond donors (Lipinski definition) is 4. The molecule has 6 N–H and O–H groups in total. The summed E-state index contributed by atoms with van der Waals surface area (Å²) in [4.78, 5) is 50.7. The molecule has 1 aromatic carbocycles. The van der Waals surface area contributed by atoms with Gasteiger partial charge in [0, 0.05) is 31.1 Å². The Bertz CT molecular complexity index is 1450. The number of nitrogens with one attached hydrogen (secondary N) is 2. The van der Waals surface area contributed by atoms with E-state index >= 15 is 0 Å². The zero-order valence-corrected chi connectivity index (χ0v) is 27.0. The van der Waals surface area contributed by atoms with Crippen LogP contribution >= 0.6 is 0 Å². The van der Waals surface area contributed by atoms with Gasteiger partial charge in [-0.3, -0.25) is 14.4 Å². The first-order chi connectivity index (χ1) is 21.3. The summed E-state index contributed by atoms with van der Waals surface area (Å²) in [6.45, 7) is 8.18. The van der Waals surface area contributed by atoms with Crippen LogP contribution in [0.1, 0.15) is 111 Å². The number of benzene rings is 1. The Morgan fingerprint density at radius 3 is 2.42 bits per heavy atom. The van der Waals surface area contributed by atoms with Crippen molar-refractivity contribution in [3.05, 3.63) is 40.7 Å². The highest BCUT2D eigenvalue weighted by atomic mass is 16.5. The number of fused-ring (bicyclic) bond motifs is 1. The molecule has 0 aliphatic heterocycles. The molecule has 244 valence electrons. The van der Waals surface area contributed by atoms with E-state index in [0.29, 0.717) is 36.4 Å². The number of nitrogens with zero attached hydrogens (tertiary/aromatic N) is 2. The van der Waals surface area contributed by atoms with Crippen LogP contribution in [0.25, 0.3) is 5.69 Å². The van der Waals surface area contributed by atoms with E-state index in [9.17, 15) is 19.2 Å².